The van der Waals surface area contributed by atoms with Crippen LogP contribution in [0.1, 0.15) is 50.9 Å². The molecule has 3 heterocycles. The molecular formula is C26H29N3O2S. The number of rotatable bonds is 5. The van der Waals surface area contributed by atoms with Crippen LogP contribution in [0.4, 0.5) is 5.69 Å². The highest BCUT2D eigenvalue weighted by Gasteiger charge is 2.35. The Balaban J connectivity index is 1.41. The maximum atomic E-state index is 13.6. The molecule has 1 amide bonds. The predicted octanol–water partition coefficient (Wildman–Crippen LogP) is 4.41. The van der Waals surface area contributed by atoms with Crippen molar-refractivity contribution >= 4 is 22.9 Å². The van der Waals surface area contributed by atoms with Crippen molar-refractivity contribution in [3.8, 4) is 0 Å². The minimum absolute atomic E-state index is 0.0969. The van der Waals surface area contributed by atoms with Gasteiger partial charge in [-0.3, -0.25) is 9.59 Å². The molecule has 32 heavy (non-hydrogen) atoms. The first-order valence-corrected chi connectivity index (χ1v) is 12.3. The molecule has 5 nitrogen and oxygen atoms in total. The van der Waals surface area contributed by atoms with Gasteiger partial charge in [0.1, 0.15) is 5.56 Å². The minimum Gasteiger partial charge on any atom is -0.368 e. The quantitative estimate of drug-likeness (QED) is 0.582. The molecule has 1 saturated heterocycles. The highest BCUT2D eigenvalue weighted by molar-refractivity contribution is 7.09. The number of hydrogen-bond donors (Lipinski definition) is 0. The number of thiophene rings is 1. The fourth-order valence-electron chi connectivity index (χ4n) is 4.64. The van der Waals surface area contributed by atoms with Crippen molar-refractivity contribution in [2.24, 2.45) is 0 Å². The van der Waals surface area contributed by atoms with Crippen LogP contribution >= 0.6 is 11.3 Å². The Labute approximate surface area is 192 Å². The minimum atomic E-state index is -0.127. The first kappa shape index (κ1) is 21.0. The number of carbonyl (C=O) groups excluding carboxylic acids is 1. The number of amides is 1. The van der Waals surface area contributed by atoms with Gasteiger partial charge in [0.15, 0.2) is 5.43 Å². The molecule has 3 aromatic rings. The number of carbonyl (C=O) groups is 1. The van der Waals surface area contributed by atoms with E-state index in [9.17, 15) is 9.59 Å². The maximum Gasteiger partial charge on any atom is 0.259 e. The summed E-state index contributed by atoms with van der Waals surface area (Å²) in [6.45, 7) is 7.62. The maximum absolute atomic E-state index is 13.6. The first-order valence-electron chi connectivity index (χ1n) is 11.4. The average Bonchev–Trinajstić information content (AvgIpc) is 3.50. The molecule has 1 saturated carbocycles. The summed E-state index contributed by atoms with van der Waals surface area (Å²) < 4.78 is 2.21. The van der Waals surface area contributed by atoms with Crippen LogP contribution in [0.3, 0.4) is 0 Å². The van der Waals surface area contributed by atoms with Crippen molar-refractivity contribution in [2.45, 2.75) is 39.2 Å². The molecule has 1 aromatic carbocycles. The van der Waals surface area contributed by atoms with Crippen molar-refractivity contribution in [2.75, 3.05) is 31.1 Å². The summed E-state index contributed by atoms with van der Waals surface area (Å²) >= 11 is 1.71. The number of aryl methyl sites for hydroxylation is 2. The molecule has 2 aromatic heterocycles. The number of hydrogen-bond acceptors (Lipinski definition) is 4. The summed E-state index contributed by atoms with van der Waals surface area (Å²) in [7, 11) is 0. The van der Waals surface area contributed by atoms with E-state index < -0.39 is 0 Å². The molecular weight excluding hydrogens is 418 g/mol. The zero-order chi connectivity index (χ0) is 22.2. The molecule has 166 valence electrons. The van der Waals surface area contributed by atoms with E-state index in [1.165, 1.54) is 16.1 Å². The molecule has 1 aliphatic carbocycles. The third-order valence-electron chi connectivity index (χ3n) is 6.60. The number of anilines is 1. The highest BCUT2D eigenvalue weighted by atomic mass is 32.1. The number of nitrogens with zero attached hydrogens (tertiary/aromatic N) is 3. The second-order valence-corrected chi connectivity index (χ2v) is 10.00. The number of benzene rings is 1. The van der Waals surface area contributed by atoms with E-state index in [2.05, 4.69) is 52.1 Å². The lowest BCUT2D eigenvalue weighted by Gasteiger charge is -2.36. The third-order valence-corrected chi connectivity index (χ3v) is 7.46. The van der Waals surface area contributed by atoms with Crippen LogP contribution in [0.5, 0.6) is 0 Å². The average molecular weight is 448 g/mol. The highest BCUT2D eigenvalue weighted by Crippen LogP contribution is 2.42. The van der Waals surface area contributed by atoms with Crippen LogP contribution in [0.15, 0.2) is 52.6 Å². The smallest absolute Gasteiger partial charge is 0.259 e. The van der Waals surface area contributed by atoms with Gasteiger partial charge in [0.25, 0.3) is 5.91 Å². The predicted molar refractivity (Wildman–Crippen MR) is 130 cm³/mol. The van der Waals surface area contributed by atoms with E-state index in [0.717, 1.165) is 43.9 Å². The molecule has 0 N–H and O–H groups in total. The molecule has 0 unspecified atom stereocenters. The van der Waals surface area contributed by atoms with E-state index in [-0.39, 0.29) is 11.3 Å². The van der Waals surface area contributed by atoms with Crippen LogP contribution in [-0.4, -0.2) is 41.6 Å². The molecule has 2 aliphatic rings. The largest absolute Gasteiger partial charge is 0.368 e. The molecule has 2 fully saturated rings. The lowest BCUT2D eigenvalue weighted by atomic mass is 10.0. The molecule has 1 aliphatic heterocycles. The van der Waals surface area contributed by atoms with Crippen molar-refractivity contribution in [1.29, 1.82) is 0 Å². The molecule has 5 rings (SSSR count). The Hall–Kier alpha value is -2.86. The number of aromatic nitrogens is 1. The van der Waals surface area contributed by atoms with Gasteiger partial charge >= 0.3 is 0 Å². The Kier molecular flexibility index (Phi) is 5.64. The second kappa shape index (κ2) is 8.58. The van der Waals surface area contributed by atoms with Gasteiger partial charge < -0.3 is 14.4 Å². The van der Waals surface area contributed by atoms with E-state index >= 15 is 0 Å². The van der Waals surface area contributed by atoms with Gasteiger partial charge in [-0.1, -0.05) is 23.8 Å². The third kappa shape index (κ3) is 4.11. The Bertz CT molecular complexity index is 1170. The lowest BCUT2D eigenvalue weighted by molar-refractivity contribution is 0.0743. The van der Waals surface area contributed by atoms with Gasteiger partial charge in [-0.25, -0.2) is 0 Å². The van der Waals surface area contributed by atoms with Gasteiger partial charge in [0.05, 0.1) is 6.54 Å². The van der Waals surface area contributed by atoms with Crippen LogP contribution in [0.25, 0.3) is 0 Å². The molecule has 6 heteroatoms. The van der Waals surface area contributed by atoms with Gasteiger partial charge in [-0.2, -0.15) is 0 Å². The van der Waals surface area contributed by atoms with Gasteiger partial charge in [0, 0.05) is 60.1 Å². The Morgan fingerprint density at radius 1 is 1.03 bits per heavy atom. The van der Waals surface area contributed by atoms with Crippen LogP contribution in [0, 0.1) is 13.8 Å². The summed E-state index contributed by atoms with van der Waals surface area (Å²) in [5.41, 5.74) is 4.60. The SMILES string of the molecule is Cc1ccc(N2CCN(C(=O)c3c(C4CC4)n(Cc4cccs4)c(C)cc3=O)CC2)cc1. The topological polar surface area (TPSA) is 45.5 Å². The van der Waals surface area contributed by atoms with Crippen molar-refractivity contribution in [1.82, 2.24) is 9.47 Å². The van der Waals surface area contributed by atoms with Crippen LogP contribution < -0.4 is 10.3 Å². The molecule has 0 spiro atoms. The molecule has 0 atom stereocenters. The van der Waals surface area contributed by atoms with Crippen LogP contribution in [0.2, 0.25) is 0 Å². The zero-order valence-corrected chi connectivity index (χ0v) is 19.5. The first-order chi connectivity index (χ1) is 15.5. The summed E-state index contributed by atoms with van der Waals surface area (Å²) in [4.78, 5) is 32.1. The fraction of sp³-hybridized carbons (Fsp3) is 0.385. The second-order valence-electron chi connectivity index (χ2n) is 8.96. The monoisotopic (exact) mass is 447 g/mol. The van der Waals surface area contributed by atoms with Crippen molar-refractivity contribution in [3.63, 3.8) is 0 Å². The molecule has 0 bridgehead atoms. The zero-order valence-electron chi connectivity index (χ0n) is 18.7. The number of pyridine rings is 1. The van der Waals surface area contributed by atoms with E-state index in [4.69, 9.17) is 0 Å². The lowest BCUT2D eigenvalue weighted by Crippen LogP contribution is -2.50. The van der Waals surface area contributed by atoms with Gasteiger partial charge in [0.2, 0.25) is 0 Å². The van der Waals surface area contributed by atoms with Gasteiger partial charge in [-0.05, 0) is 50.3 Å². The molecule has 0 radical (unpaired) electrons. The fourth-order valence-corrected chi connectivity index (χ4v) is 5.33. The van der Waals surface area contributed by atoms with E-state index in [1.807, 2.05) is 17.9 Å². The summed E-state index contributed by atoms with van der Waals surface area (Å²) in [6.07, 6.45) is 2.10. The van der Waals surface area contributed by atoms with E-state index in [0.29, 0.717) is 24.6 Å². The summed E-state index contributed by atoms with van der Waals surface area (Å²) in [5.74, 6) is 0.218. The normalized spacial score (nSPS) is 16.4. The van der Waals surface area contributed by atoms with E-state index in [1.54, 1.807) is 17.4 Å². The van der Waals surface area contributed by atoms with Crippen LogP contribution in [-0.2, 0) is 6.54 Å². The van der Waals surface area contributed by atoms with Crippen molar-refractivity contribution in [3.05, 3.63) is 85.5 Å². The Morgan fingerprint density at radius 3 is 2.38 bits per heavy atom. The number of piperazine rings is 1. The van der Waals surface area contributed by atoms with Gasteiger partial charge in [-0.15, -0.1) is 11.3 Å². The summed E-state index contributed by atoms with van der Waals surface area (Å²) in [6, 6.07) is 14.3. The Morgan fingerprint density at radius 2 is 1.75 bits per heavy atom. The van der Waals surface area contributed by atoms with Crippen molar-refractivity contribution < 1.29 is 4.79 Å². The standard InChI is InChI=1S/C26H29N3O2S/c1-18-5-9-21(10-6-18)27-11-13-28(14-12-27)26(31)24-23(30)16-19(2)29(25(24)20-7-8-20)17-22-4-3-15-32-22/h3-6,9-10,15-16,20H,7-8,11-14,17H2,1-2H3. The summed E-state index contributed by atoms with van der Waals surface area (Å²) in [5, 5.41) is 2.07.